The summed E-state index contributed by atoms with van der Waals surface area (Å²) in [6.45, 7) is 0. The second-order valence-corrected chi connectivity index (χ2v) is 29.4. The van der Waals surface area contributed by atoms with Gasteiger partial charge in [-0.15, -0.1) is 0 Å². The van der Waals surface area contributed by atoms with E-state index in [4.69, 9.17) is 0 Å². The smallest absolute Gasteiger partial charge is 0.0541 e. The number of hydrogen-bond donors (Lipinski definition) is 0. The minimum absolute atomic E-state index is 1.17. The van der Waals surface area contributed by atoms with Gasteiger partial charge in [0.25, 0.3) is 0 Å². The van der Waals surface area contributed by atoms with Gasteiger partial charge >= 0.3 is 0 Å². The fourth-order valence-electron chi connectivity index (χ4n) is 18.3. The van der Waals surface area contributed by atoms with Gasteiger partial charge in [0.15, 0.2) is 0 Å². The largest absolute Gasteiger partial charge is 0.309 e. The number of fused-ring (bicyclic) bond motifs is 18. The molecule has 0 aliphatic heterocycles. The zero-order valence-electron chi connectivity index (χ0n) is 62.3. The zero-order chi connectivity index (χ0) is 75.2. The van der Waals surface area contributed by atoms with E-state index in [1.165, 1.54) is 198 Å². The Morgan fingerprint density at radius 3 is 0.561 bits per heavy atom. The Morgan fingerprint density at radius 1 is 0.114 bits per heavy atom. The van der Waals surface area contributed by atoms with Crippen LogP contribution in [-0.2, 0) is 0 Å². The molecule has 0 unspecified atom stereocenters. The van der Waals surface area contributed by atoms with E-state index in [1.54, 1.807) is 0 Å². The van der Waals surface area contributed by atoms with Crippen molar-refractivity contribution in [1.82, 2.24) is 27.4 Å². The van der Waals surface area contributed by atoms with E-state index >= 15 is 0 Å². The molecule has 6 nitrogen and oxygen atoms in total. The number of rotatable bonds is 9. The Balaban J connectivity index is 0.000000104. The molecule has 24 aromatic rings. The molecule has 114 heavy (non-hydrogen) atoms. The summed E-state index contributed by atoms with van der Waals surface area (Å²) in [6, 6.07) is 157. The van der Waals surface area contributed by atoms with Gasteiger partial charge in [0, 0.05) is 98.4 Å². The summed E-state index contributed by atoms with van der Waals surface area (Å²) in [5.41, 5.74) is 29.0. The van der Waals surface area contributed by atoms with E-state index in [9.17, 15) is 0 Å². The average molecular weight is 1450 g/mol. The molecular formula is C108H72N6. The van der Waals surface area contributed by atoms with Gasteiger partial charge in [-0.3, -0.25) is 0 Å². The number of benzene rings is 18. The van der Waals surface area contributed by atoms with E-state index in [0.717, 1.165) is 0 Å². The monoisotopic (exact) mass is 1450 g/mol. The minimum Gasteiger partial charge on any atom is -0.309 e. The number of aromatic nitrogens is 6. The van der Waals surface area contributed by atoms with Crippen molar-refractivity contribution >= 4 is 131 Å². The maximum atomic E-state index is 2.42. The maximum Gasteiger partial charge on any atom is 0.0541 e. The third-order valence-electron chi connectivity index (χ3n) is 23.2. The third-order valence-corrected chi connectivity index (χ3v) is 23.2. The molecule has 24 rings (SSSR count). The van der Waals surface area contributed by atoms with E-state index in [-0.39, 0.29) is 0 Å². The van der Waals surface area contributed by atoms with Gasteiger partial charge in [0.05, 0.1) is 83.3 Å². The summed E-state index contributed by atoms with van der Waals surface area (Å²) in [7, 11) is 0. The van der Waals surface area contributed by atoms with Crippen LogP contribution in [0.25, 0.3) is 198 Å². The number of para-hydroxylation sites is 15. The molecule has 0 radical (unpaired) electrons. The van der Waals surface area contributed by atoms with Crippen LogP contribution in [0.2, 0.25) is 0 Å². The van der Waals surface area contributed by atoms with Gasteiger partial charge in [-0.25, -0.2) is 0 Å². The lowest BCUT2D eigenvalue weighted by Gasteiger charge is -2.18. The Labute approximate surface area is 658 Å². The summed E-state index contributed by atoms with van der Waals surface area (Å²) in [6.07, 6.45) is 0. The highest BCUT2D eigenvalue weighted by Crippen LogP contribution is 2.44. The summed E-state index contributed by atoms with van der Waals surface area (Å²) < 4.78 is 14.4. The van der Waals surface area contributed by atoms with Crippen LogP contribution in [0.3, 0.4) is 0 Å². The molecule has 18 aromatic carbocycles. The summed E-state index contributed by atoms with van der Waals surface area (Å²) >= 11 is 0. The van der Waals surface area contributed by atoms with Crippen LogP contribution in [0.4, 0.5) is 0 Å². The Morgan fingerprint density at radius 2 is 0.307 bits per heavy atom. The van der Waals surface area contributed by atoms with Gasteiger partial charge in [0.1, 0.15) is 0 Å². The van der Waals surface area contributed by atoms with Crippen LogP contribution in [0.1, 0.15) is 0 Å². The van der Waals surface area contributed by atoms with Crippen molar-refractivity contribution in [2.75, 3.05) is 0 Å². The lowest BCUT2D eigenvalue weighted by atomic mass is 10.0. The lowest BCUT2D eigenvalue weighted by Crippen LogP contribution is -2.01. The SMILES string of the molecule is c1cc(-c2cccc(-n3c4ccccc4c4ccccc43)c2)cc(-n2c3ccccc3c3ccccc32)c1.c1ccc(-n2c3ccccc3c3ccccc32)c(-c2ccc(-n3c4ccccc4c4ccccc43)cc2)c1.c1ccc(-n2c3ccccc3c3ccccc32)c(-c2ccccc2-n2c3ccccc3c3ccccc32)c1. The molecule has 0 fully saturated rings. The summed E-state index contributed by atoms with van der Waals surface area (Å²) in [5.74, 6) is 0. The van der Waals surface area contributed by atoms with Crippen LogP contribution >= 0.6 is 0 Å². The molecule has 0 spiro atoms. The molecule has 6 heterocycles. The molecule has 0 N–H and O–H groups in total. The molecule has 6 heteroatoms. The van der Waals surface area contributed by atoms with Crippen molar-refractivity contribution in [2.45, 2.75) is 0 Å². The van der Waals surface area contributed by atoms with Crippen LogP contribution < -0.4 is 0 Å². The van der Waals surface area contributed by atoms with E-state index < -0.39 is 0 Å². The Bertz CT molecular complexity index is 7250. The fourth-order valence-corrected chi connectivity index (χ4v) is 18.3. The van der Waals surface area contributed by atoms with Crippen molar-refractivity contribution in [3.05, 3.63) is 437 Å². The van der Waals surface area contributed by atoms with Crippen molar-refractivity contribution < 1.29 is 0 Å². The van der Waals surface area contributed by atoms with Gasteiger partial charge in [0.2, 0.25) is 0 Å². The molecule has 0 amide bonds. The molecule has 0 atom stereocenters. The molecule has 0 aliphatic rings. The predicted octanol–water partition coefficient (Wildman–Crippen LogP) is 28.6. The summed E-state index contributed by atoms with van der Waals surface area (Å²) in [4.78, 5) is 0. The fraction of sp³-hybridized carbons (Fsp3) is 0. The first-order chi connectivity index (χ1) is 56.6. The molecule has 6 aromatic heterocycles. The number of hydrogen-bond acceptors (Lipinski definition) is 0. The number of nitrogens with zero attached hydrogens (tertiary/aromatic N) is 6. The van der Waals surface area contributed by atoms with Gasteiger partial charge < -0.3 is 27.4 Å². The highest BCUT2D eigenvalue weighted by molar-refractivity contribution is 6.15. The zero-order valence-corrected chi connectivity index (χ0v) is 62.3. The highest BCUT2D eigenvalue weighted by Gasteiger charge is 2.23. The molecule has 0 bridgehead atoms. The lowest BCUT2D eigenvalue weighted by molar-refractivity contribution is 1.16. The van der Waals surface area contributed by atoms with E-state index in [1.807, 2.05) is 0 Å². The van der Waals surface area contributed by atoms with Crippen molar-refractivity contribution in [2.24, 2.45) is 0 Å². The van der Waals surface area contributed by atoms with Crippen LogP contribution in [0, 0.1) is 0 Å². The topological polar surface area (TPSA) is 29.6 Å². The average Bonchev–Trinajstić information content (AvgIpc) is 1.59. The quantitative estimate of drug-likeness (QED) is 0.138. The molecule has 0 saturated heterocycles. The van der Waals surface area contributed by atoms with Crippen molar-refractivity contribution in [3.8, 4) is 67.5 Å². The second kappa shape index (κ2) is 27.4. The van der Waals surface area contributed by atoms with Gasteiger partial charge in [-0.1, -0.05) is 309 Å². The Hall–Kier alpha value is -15.2. The first-order valence-corrected chi connectivity index (χ1v) is 39.1. The van der Waals surface area contributed by atoms with Crippen LogP contribution in [0.5, 0.6) is 0 Å². The Kier molecular flexibility index (Phi) is 15.8. The summed E-state index contributed by atoms with van der Waals surface area (Å²) in [5, 5.41) is 15.3. The molecule has 534 valence electrons. The maximum absolute atomic E-state index is 2.42. The van der Waals surface area contributed by atoms with E-state index in [0.29, 0.717) is 0 Å². The molecular weight excluding hydrogens is 1380 g/mol. The van der Waals surface area contributed by atoms with Crippen LogP contribution in [0.15, 0.2) is 437 Å². The van der Waals surface area contributed by atoms with Crippen molar-refractivity contribution in [3.63, 3.8) is 0 Å². The first kappa shape index (κ1) is 65.8. The standard InChI is InChI=1S/3C36H24N2/c1-7-19-31-25(13-1)26-14-2-8-20-32(26)37(31)35-23-11-5-17-29(35)30-18-6-12-24-36(30)38-33-21-9-3-15-27(33)28-16-4-10-22-34(28)38;1-6-16-32(38-35-19-9-4-14-30(35)31-15-5-10-20-36(31)38)27(11-1)25-21-23-26(24-22-25)37-33-17-7-2-12-28(33)29-13-3-8-18-34(29)37;1-5-19-33-29(15-1)30-16-2-6-20-34(30)37(33)27-13-9-11-25(23-27)26-12-10-14-28(24-26)38-35-21-7-3-17-31(35)32-18-4-8-22-36(32)38/h3*1-24H. The van der Waals surface area contributed by atoms with Crippen molar-refractivity contribution in [1.29, 1.82) is 0 Å². The third kappa shape index (κ3) is 10.7. The molecule has 0 saturated carbocycles. The van der Waals surface area contributed by atoms with Gasteiger partial charge in [-0.2, -0.15) is 0 Å². The second-order valence-electron chi connectivity index (χ2n) is 29.4. The first-order valence-electron chi connectivity index (χ1n) is 39.1. The van der Waals surface area contributed by atoms with Gasteiger partial charge in [-0.05, 0) is 144 Å². The minimum atomic E-state index is 1.17. The van der Waals surface area contributed by atoms with E-state index in [2.05, 4.69) is 464 Å². The van der Waals surface area contributed by atoms with Crippen LogP contribution in [-0.4, -0.2) is 27.4 Å². The predicted molar refractivity (Wildman–Crippen MR) is 482 cm³/mol. The normalized spacial score (nSPS) is 11.7. The highest BCUT2D eigenvalue weighted by atomic mass is 15.0. The molecule has 0 aliphatic carbocycles.